The molecule has 0 spiro atoms. The van der Waals surface area contributed by atoms with Crippen molar-refractivity contribution in [2.75, 3.05) is 0 Å². The number of rotatable bonds is 3. The van der Waals surface area contributed by atoms with Crippen molar-refractivity contribution in [3.63, 3.8) is 0 Å². The Labute approximate surface area is 92.5 Å². The molecule has 0 amide bonds. The Kier molecular flexibility index (Phi) is 2.72. The molecule has 0 aliphatic heterocycles. The largest absolute Gasteiger partial charge is 0.348 e. The van der Waals surface area contributed by atoms with Gasteiger partial charge in [0.25, 0.3) is 0 Å². The van der Waals surface area contributed by atoms with Gasteiger partial charge in [-0.2, -0.15) is 0 Å². The molecule has 2 rings (SSSR count). The Morgan fingerprint density at radius 3 is 2.81 bits per heavy atom. The second kappa shape index (κ2) is 4.18. The smallest absolute Gasteiger partial charge is 0.248 e. The van der Waals surface area contributed by atoms with E-state index in [0.29, 0.717) is 12.1 Å². The van der Waals surface area contributed by atoms with Crippen molar-refractivity contribution >= 4 is 6.29 Å². The van der Waals surface area contributed by atoms with Gasteiger partial charge in [-0.1, -0.05) is 0 Å². The second-order valence-corrected chi connectivity index (χ2v) is 3.74. The number of aromatic amines is 1. The molecule has 0 unspecified atom stereocenters. The summed E-state index contributed by atoms with van der Waals surface area (Å²) in [5.41, 5.74) is 2.49. The third kappa shape index (κ3) is 2.11. The number of hydrogen-bond acceptors (Lipinski definition) is 2. The molecule has 16 heavy (non-hydrogen) atoms. The first-order chi connectivity index (χ1) is 7.69. The number of aryl methyl sites for hydroxylation is 1. The molecule has 0 fully saturated rings. The third-order valence-electron chi connectivity index (χ3n) is 2.47. The predicted molar refractivity (Wildman–Crippen MR) is 60.7 cm³/mol. The van der Waals surface area contributed by atoms with E-state index in [-0.39, 0.29) is 5.56 Å². The summed E-state index contributed by atoms with van der Waals surface area (Å²) < 4.78 is 1.77. The normalized spacial score (nSPS) is 10.3. The van der Waals surface area contributed by atoms with E-state index in [1.165, 1.54) is 0 Å². The van der Waals surface area contributed by atoms with E-state index in [9.17, 15) is 9.59 Å². The van der Waals surface area contributed by atoms with Gasteiger partial charge in [-0.15, -0.1) is 0 Å². The van der Waals surface area contributed by atoms with Crippen LogP contribution in [0.5, 0.6) is 0 Å². The van der Waals surface area contributed by atoms with Crippen molar-refractivity contribution in [2.24, 2.45) is 7.05 Å². The van der Waals surface area contributed by atoms with Crippen molar-refractivity contribution in [1.82, 2.24) is 9.55 Å². The zero-order valence-corrected chi connectivity index (χ0v) is 8.93. The maximum absolute atomic E-state index is 11.1. The SMILES string of the molecule is Cn1cc(Cc2cc[nH]c(=O)c2)cc1C=O. The van der Waals surface area contributed by atoms with Gasteiger partial charge in [-0.05, 0) is 29.7 Å². The summed E-state index contributed by atoms with van der Waals surface area (Å²) in [7, 11) is 1.82. The molecule has 2 heterocycles. The highest BCUT2D eigenvalue weighted by molar-refractivity contribution is 5.72. The van der Waals surface area contributed by atoms with Crippen LogP contribution in [0.2, 0.25) is 0 Å². The van der Waals surface area contributed by atoms with Gasteiger partial charge in [0, 0.05) is 25.5 Å². The molecule has 0 aromatic carbocycles. The minimum Gasteiger partial charge on any atom is -0.348 e. The van der Waals surface area contributed by atoms with Crippen LogP contribution in [-0.4, -0.2) is 15.8 Å². The molecule has 0 aliphatic rings. The number of nitrogens with one attached hydrogen (secondary N) is 1. The van der Waals surface area contributed by atoms with Gasteiger partial charge in [0.2, 0.25) is 5.56 Å². The van der Waals surface area contributed by atoms with Crippen molar-refractivity contribution in [1.29, 1.82) is 0 Å². The van der Waals surface area contributed by atoms with Crippen molar-refractivity contribution in [3.05, 3.63) is 57.8 Å². The van der Waals surface area contributed by atoms with Gasteiger partial charge in [-0.3, -0.25) is 9.59 Å². The minimum absolute atomic E-state index is 0.107. The number of aldehydes is 1. The van der Waals surface area contributed by atoms with Crippen LogP contribution in [0.15, 0.2) is 35.4 Å². The van der Waals surface area contributed by atoms with E-state index in [1.54, 1.807) is 16.8 Å². The number of pyridine rings is 1. The highest BCUT2D eigenvalue weighted by Crippen LogP contribution is 2.10. The van der Waals surface area contributed by atoms with Crippen molar-refractivity contribution in [2.45, 2.75) is 6.42 Å². The Balaban J connectivity index is 2.27. The average Bonchev–Trinajstić information content (AvgIpc) is 2.58. The van der Waals surface area contributed by atoms with Crippen LogP contribution < -0.4 is 5.56 Å². The molecule has 0 radical (unpaired) electrons. The number of carbonyl (C=O) groups excluding carboxylic acids is 1. The standard InChI is InChI=1S/C12H12N2O2/c1-14-7-10(5-11(14)8-15)4-9-2-3-13-12(16)6-9/h2-3,5-8H,4H2,1H3,(H,13,16). The Morgan fingerprint density at radius 2 is 2.19 bits per heavy atom. The molecule has 2 aromatic heterocycles. The van der Waals surface area contributed by atoms with Crippen molar-refractivity contribution < 1.29 is 4.79 Å². The topological polar surface area (TPSA) is 54.9 Å². The van der Waals surface area contributed by atoms with Crippen molar-refractivity contribution in [3.8, 4) is 0 Å². The van der Waals surface area contributed by atoms with Crippen LogP contribution in [0, 0.1) is 0 Å². The molecule has 1 N–H and O–H groups in total. The highest BCUT2D eigenvalue weighted by atomic mass is 16.1. The third-order valence-corrected chi connectivity index (χ3v) is 2.47. The quantitative estimate of drug-likeness (QED) is 0.781. The summed E-state index contributed by atoms with van der Waals surface area (Å²) in [5, 5.41) is 0. The monoisotopic (exact) mass is 216 g/mol. The summed E-state index contributed by atoms with van der Waals surface area (Å²) in [5.74, 6) is 0. The average molecular weight is 216 g/mol. The summed E-state index contributed by atoms with van der Waals surface area (Å²) in [6.07, 6.45) is 5.00. The van der Waals surface area contributed by atoms with Gasteiger partial charge in [0.05, 0.1) is 5.69 Å². The van der Waals surface area contributed by atoms with Gasteiger partial charge in [0.15, 0.2) is 6.29 Å². The Hall–Kier alpha value is -2.10. The van der Waals surface area contributed by atoms with Crippen LogP contribution in [0.25, 0.3) is 0 Å². The number of aromatic nitrogens is 2. The van der Waals surface area contributed by atoms with E-state index < -0.39 is 0 Å². The lowest BCUT2D eigenvalue weighted by Gasteiger charge is -1.96. The first-order valence-corrected chi connectivity index (χ1v) is 4.97. The van der Waals surface area contributed by atoms with Crippen LogP contribution in [0.3, 0.4) is 0 Å². The van der Waals surface area contributed by atoms with Crippen LogP contribution in [-0.2, 0) is 13.5 Å². The molecule has 0 aliphatic carbocycles. The molecule has 0 saturated carbocycles. The predicted octanol–water partition coefficient (Wildman–Crippen LogP) is 1.12. The fourth-order valence-electron chi connectivity index (χ4n) is 1.70. The van der Waals surface area contributed by atoms with Crippen LogP contribution in [0.1, 0.15) is 21.6 Å². The summed E-state index contributed by atoms with van der Waals surface area (Å²) in [6, 6.07) is 5.25. The lowest BCUT2D eigenvalue weighted by atomic mass is 10.1. The van der Waals surface area contributed by atoms with Gasteiger partial charge in [0.1, 0.15) is 0 Å². The zero-order valence-electron chi connectivity index (χ0n) is 8.93. The fraction of sp³-hybridized carbons (Fsp3) is 0.167. The fourth-order valence-corrected chi connectivity index (χ4v) is 1.70. The van der Waals surface area contributed by atoms with Crippen LogP contribution >= 0.6 is 0 Å². The number of hydrogen-bond donors (Lipinski definition) is 1. The Morgan fingerprint density at radius 1 is 1.38 bits per heavy atom. The molecular formula is C12H12N2O2. The summed E-state index contributed by atoms with van der Waals surface area (Å²) in [4.78, 5) is 24.3. The first-order valence-electron chi connectivity index (χ1n) is 4.97. The Bertz CT molecular complexity index is 566. The molecule has 82 valence electrons. The lowest BCUT2D eigenvalue weighted by Crippen LogP contribution is -2.04. The number of carbonyl (C=O) groups is 1. The maximum Gasteiger partial charge on any atom is 0.248 e. The van der Waals surface area contributed by atoms with E-state index in [1.807, 2.05) is 25.4 Å². The van der Waals surface area contributed by atoms with E-state index in [0.717, 1.165) is 17.4 Å². The lowest BCUT2D eigenvalue weighted by molar-refractivity contribution is 0.111. The summed E-state index contributed by atoms with van der Waals surface area (Å²) in [6.45, 7) is 0. The van der Waals surface area contributed by atoms with E-state index in [4.69, 9.17) is 0 Å². The van der Waals surface area contributed by atoms with E-state index >= 15 is 0 Å². The number of nitrogens with zero attached hydrogens (tertiary/aromatic N) is 1. The molecule has 4 heteroatoms. The first kappa shape index (κ1) is 10.4. The van der Waals surface area contributed by atoms with Gasteiger partial charge in [-0.25, -0.2) is 0 Å². The van der Waals surface area contributed by atoms with E-state index in [2.05, 4.69) is 4.98 Å². The number of H-pyrrole nitrogens is 1. The highest BCUT2D eigenvalue weighted by Gasteiger charge is 2.03. The van der Waals surface area contributed by atoms with Gasteiger partial charge >= 0.3 is 0 Å². The molecule has 0 saturated heterocycles. The summed E-state index contributed by atoms with van der Waals surface area (Å²) >= 11 is 0. The maximum atomic E-state index is 11.1. The molecule has 4 nitrogen and oxygen atoms in total. The van der Waals surface area contributed by atoms with Crippen LogP contribution in [0.4, 0.5) is 0 Å². The molecular weight excluding hydrogens is 204 g/mol. The second-order valence-electron chi connectivity index (χ2n) is 3.74. The molecule has 0 atom stereocenters. The molecule has 0 bridgehead atoms. The minimum atomic E-state index is -0.107. The zero-order chi connectivity index (χ0) is 11.5. The molecule has 2 aromatic rings. The van der Waals surface area contributed by atoms with Gasteiger partial charge < -0.3 is 9.55 Å².